The highest BCUT2D eigenvalue weighted by atomic mass is 35.5. The number of pyridine rings is 1. The molecule has 5 heterocycles. The van der Waals surface area contributed by atoms with E-state index in [1.165, 1.54) is 4.52 Å². The number of ether oxygens (including phenoxy) is 1. The lowest BCUT2D eigenvalue weighted by atomic mass is 9.72. The van der Waals surface area contributed by atoms with E-state index in [0.717, 1.165) is 30.2 Å². The molecule has 1 saturated carbocycles. The van der Waals surface area contributed by atoms with Gasteiger partial charge in [-0.2, -0.15) is 22.7 Å². The molecule has 4 unspecified atom stereocenters. The molecule has 1 aromatic carbocycles. The van der Waals surface area contributed by atoms with Crippen LogP contribution < -0.4 is 10.9 Å². The molecule has 3 aromatic heterocycles. The van der Waals surface area contributed by atoms with E-state index in [2.05, 4.69) is 15.4 Å². The Hall–Kier alpha value is -4.56. The van der Waals surface area contributed by atoms with Gasteiger partial charge >= 0.3 is 6.18 Å². The molecule has 0 bridgehead atoms. The van der Waals surface area contributed by atoms with Gasteiger partial charge in [-0.15, -0.1) is 5.10 Å². The van der Waals surface area contributed by atoms with Gasteiger partial charge in [0.1, 0.15) is 12.2 Å². The molecule has 2 aliphatic heterocycles. The lowest BCUT2D eigenvalue weighted by Gasteiger charge is -2.39. The molecule has 0 radical (unpaired) electrons. The molecule has 15 heteroatoms. The summed E-state index contributed by atoms with van der Waals surface area (Å²) in [5.41, 5.74) is 0.739. The number of hydrogen-bond acceptors (Lipinski definition) is 7. The highest BCUT2D eigenvalue weighted by molar-refractivity contribution is 6.33. The van der Waals surface area contributed by atoms with Gasteiger partial charge in [-0.25, -0.2) is 0 Å². The van der Waals surface area contributed by atoms with E-state index >= 15 is 0 Å². The van der Waals surface area contributed by atoms with E-state index in [1.54, 1.807) is 29.0 Å². The number of halogens is 4. The van der Waals surface area contributed by atoms with E-state index in [-0.39, 0.29) is 52.4 Å². The summed E-state index contributed by atoms with van der Waals surface area (Å²) in [6, 6.07) is 7.93. The summed E-state index contributed by atoms with van der Waals surface area (Å²) in [5, 5.41) is 7.04. The average molecular weight is 694 g/mol. The van der Waals surface area contributed by atoms with E-state index in [0.29, 0.717) is 61.8 Å². The fourth-order valence-corrected chi connectivity index (χ4v) is 8.42. The summed E-state index contributed by atoms with van der Waals surface area (Å²) in [4.78, 5) is 52.4. The predicted octanol–water partition coefficient (Wildman–Crippen LogP) is 5.08. The second-order valence-electron chi connectivity index (χ2n) is 13.2. The molecule has 1 saturated heterocycles. The van der Waals surface area contributed by atoms with Crippen molar-refractivity contribution in [1.29, 1.82) is 0 Å². The number of likely N-dealkylation sites (tertiary alicyclic amines) is 1. The number of benzene rings is 1. The number of hydrogen-bond donors (Lipinski definition) is 1. The normalized spacial score (nSPS) is 24.5. The largest absolute Gasteiger partial charge is 0.416 e. The number of rotatable bonds is 5. The van der Waals surface area contributed by atoms with Crippen LogP contribution in [0.5, 0.6) is 0 Å². The second-order valence-corrected chi connectivity index (χ2v) is 13.6. The molecule has 1 spiro atoms. The zero-order chi connectivity index (χ0) is 34.2. The summed E-state index contributed by atoms with van der Waals surface area (Å²) < 4.78 is 48.1. The van der Waals surface area contributed by atoms with Crippen molar-refractivity contribution >= 4 is 40.5 Å². The summed E-state index contributed by atoms with van der Waals surface area (Å²) >= 11 is 6.16. The van der Waals surface area contributed by atoms with Crippen molar-refractivity contribution in [2.75, 3.05) is 25.1 Å². The Morgan fingerprint density at radius 3 is 2.76 bits per heavy atom. The minimum Gasteiger partial charge on any atom is -0.377 e. The molecular formula is C34H31ClF3N7O4. The van der Waals surface area contributed by atoms with Gasteiger partial charge in [-0.05, 0) is 73.4 Å². The number of fused-ring (bicyclic) bond motifs is 5. The molecule has 49 heavy (non-hydrogen) atoms. The number of aromatic nitrogens is 5. The zero-order valence-corrected chi connectivity index (χ0v) is 27.1. The van der Waals surface area contributed by atoms with Crippen molar-refractivity contribution in [2.24, 2.45) is 5.92 Å². The van der Waals surface area contributed by atoms with Crippen molar-refractivity contribution in [3.8, 4) is 0 Å². The van der Waals surface area contributed by atoms with Gasteiger partial charge in [-0.3, -0.25) is 19.4 Å². The third-order valence-electron chi connectivity index (χ3n) is 10.4. The molecular weight excluding hydrogens is 663 g/mol. The van der Waals surface area contributed by atoms with Gasteiger partial charge in [0.15, 0.2) is 5.82 Å². The molecule has 2 amide bonds. The van der Waals surface area contributed by atoms with Crippen LogP contribution in [0.15, 0.2) is 53.5 Å². The standard InChI is InChI=1S/C34H31ClF3N7O4/c1-18-16-33(9-11-43(25-15-21(25)33)30(47)24-4-2-3-10-39-24)27-28(18)44(17-26(46)40-23-6-5-20(14-22(23)35)34(36,37)38)32-41-29(42-45(32)31(27)48)19-7-12-49-13-8-19/h2-7,10,14,18,21,25H,8-9,11-13,15-17H2,1H3,(H,40,46). The van der Waals surface area contributed by atoms with Crippen LogP contribution >= 0.6 is 11.6 Å². The number of anilines is 1. The monoisotopic (exact) mass is 693 g/mol. The minimum atomic E-state index is -4.59. The first-order valence-corrected chi connectivity index (χ1v) is 16.5. The maximum Gasteiger partial charge on any atom is 0.416 e. The average Bonchev–Trinajstić information content (AvgIpc) is 3.68. The molecule has 4 aliphatic rings. The lowest BCUT2D eigenvalue weighted by Crippen LogP contribution is -2.48. The Morgan fingerprint density at radius 1 is 1.20 bits per heavy atom. The van der Waals surface area contributed by atoms with Crippen molar-refractivity contribution in [1.82, 2.24) is 29.0 Å². The Morgan fingerprint density at radius 2 is 2.04 bits per heavy atom. The zero-order valence-electron chi connectivity index (χ0n) is 26.3. The molecule has 4 atom stereocenters. The highest BCUT2D eigenvalue weighted by Crippen LogP contribution is 2.62. The number of amides is 2. The van der Waals surface area contributed by atoms with Gasteiger partial charge < -0.3 is 19.5 Å². The van der Waals surface area contributed by atoms with E-state index in [1.807, 2.05) is 17.9 Å². The topological polar surface area (TPSA) is 124 Å². The smallest absolute Gasteiger partial charge is 0.377 e. The van der Waals surface area contributed by atoms with E-state index in [4.69, 9.17) is 21.3 Å². The van der Waals surface area contributed by atoms with E-state index < -0.39 is 23.1 Å². The molecule has 11 nitrogen and oxygen atoms in total. The Labute approximate surface area is 282 Å². The minimum absolute atomic E-state index is 0.0261. The van der Waals surface area contributed by atoms with Gasteiger partial charge in [0.05, 0.1) is 29.5 Å². The Balaban J connectivity index is 1.19. The first-order chi connectivity index (χ1) is 23.5. The summed E-state index contributed by atoms with van der Waals surface area (Å²) in [7, 11) is 0. The first-order valence-electron chi connectivity index (χ1n) is 16.2. The summed E-state index contributed by atoms with van der Waals surface area (Å²) in [6.45, 7) is 3.05. The van der Waals surface area contributed by atoms with Crippen LogP contribution in [-0.4, -0.2) is 66.7 Å². The lowest BCUT2D eigenvalue weighted by molar-refractivity contribution is -0.137. The van der Waals surface area contributed by atoms with Crippen LogP contribution in [0.2, 0.25) is 5.02 Å². The number of nitrogens with zero attached hydrogens (tertiary/aromatic N) is 6. The van der Waals surface area contributed by atoms with Crippen molar-refractivity contribution in [2.45, 2.75) is 62.7 Å². The molecule has 2 fully saturated rings. The Kier molecular flexibility index (Phi) is 7.45. The predicted molar refractivity (Wildman–Crippen MR) is 172 cm³/mol. The molecule has 2 aliphatic carbocycles. The fraction of sp³-hybridized carbons (Fsp3) is 0.412. The number of alkyl halides is 3. The van der Waals surface area contributed by atoms with Crippen LogP contribution in [0.1, 0.15) is 71.7 Å². The molecule has 4 aromatic rings. The highest BCUT2D eigenvalue weighted by Gasteiger charge is 2.64. The maximum absolute atomic E-state index is 14.5. The summed E-state index contributed by atoms with van der Waals surface area (Å²) in [5.74, 6) is -0.234. The van der Waals surface area contributed by atoms with Gasteiger partial charge in [0.25, 0.3) is 11.5 Å². The number of nitrogens with one attached hydrogen (secondary N) is 1. The van der Waals surface area contributed by atoms with Crippen LogP contribution in [0.25, 0.3) is 11.4 Å². The fourth-order valence-electron chi connectivity index (χ4n) is 8.19. The van der Waals surface area contributed by atoms with Gasteiger partial charge in [0, 0.05) is 35.5 Å². The first kappa shape index (κ1) is 31.7. The van der Waals surface area contributed by atoms with Crippen molar-refractivity contribution in [3.63, 3.8) is 0 Å². The number of carbonyl (C=O) groups excluding carboxylic acids is 2. The number of piperidine rings is 1. The molecule has 1 N–H and O–H groups in total. The quantitative estimate of drug-likeness (QED) is 0.309. The SMILES string of the molecule is CC1CC2(CCN(C(=O)c3ccccn3)C3CC32)c2c1n(CC(=O)Nc1ccc(C(F)(F)F)cc1Cl)c1nc(C3=CCOCC3)nn1c2=O. The van der Waals surface area contributed by atoms with Gasteiger partial charge in [0.2, 0.25) is 11.7 Å². The van der Waals surface area contributed by atoms with Crippen LogP contribution in [0.3, 0.4) is 0 Å². The van der Waals surface area contributed by atoms with Crippen LogP contribution in [0.4, 0.5) is 18.9 Å². The third-order valence-corrected chi connectivity index (χ3v) is 10.7. The van der Waals surface area contributed by atoms with Crippen LogP contribution in [-0.2, 0) is 27.7 Å². The summed E-state index contributed by atoms with van der Waals surface area (Å²) in [6.07, 6.45) is 1.38. The second kappa shape index (κ2) is 11.5. The number of carbonyl (C=O) groups is 2. The Bertz CT molecular complexity index is 2110. The van der Waals surface area contributed by atoms with Crippen molar-refractivity contribution in [3.05, 3.63) is 92.4 Å². The maximum atomic E-state index is 14.5. The van der Waals surface area contributed by atoms with Gasteiger partial charge in [-0.1, -0.05) is 30.7 Å². The molecule has 8 rings (SSSR count). The van der Waals surface area contributed by atoms with E-state index in [9.17, 15) is 27.6 Å². The van der Waals surface area contributed by atoms with Crippen molar-refractivity contribution < 1.29 is 27.5 Å². The van der Waals surface area contributed by atoms with Crippen LogP contribution in [0, 0.1) is 5.92 Å². The third kappa shape index (κ3) is 5.23. The molecule has 254 valence electrons.